The van der Waals surface area contributed by atoms with Gasteiger partial charge >= 0.3 is 11.7 Å². The van der Waals surface area contributed by atoms with E-state index in [1.807, 2.05) is 37.3 Å². The molecule has 2 heterocycles. The van der Waals surface area contributed by atoms with Crippen molar-refractivity contribution in [2.75, 3.05) is 7.11 Å². The molecule has 0 saturated heterocycles. The number of non-ortho nitro benzene ring substituents is 1. The molecule has 13 heteroatoms. The Morgan fingerprint density at radius 3 is 2.38 bits per heavy atom. The van der Waals surface area contributed by atoms with Gasteiger partial charge in [-0.15, -0.1) is 0 Å². The van der Waals surface area contributed by atoms with Gasteiger partial charge in [0.15, 0.2) is 4.80 Å². The van der Waals surface area contributed by atoms with E-state index in [0.29, 0.717) is 32.6 Å². The van der Waals surface area contributed by atoms with Gasteiger partial charge in [-0.1, -0.05) is 60.7 Å². The van der Waals surface area contributed by atoms with Crippen molar-refractivity contribution in [1.29, 1.82) is 0 Å². The first kappa shape index (κ1) is 28.1. The number of ether oxygens (including phenoxy) is 2. The topological polar surface area (TPSA) is 156 Å². The molecule has 42 heavy (non-hydrogen) atoms. The Morgan fingerprint density at radius 1 is 1.05 bits per heavy atom. The van der Waals surface area contributed by atoms with Crippen LogP contribution in [-0.4, -0.2) is 27.5 Å². The lowest BCUT2D eigenvalue weighted by Crippen LogP contribution is -2.40. The lowest BCUT2D eigenvalue weighted by molar-refractivity contribution is -0.394. The lowest BCUT2D eigenvalue weighted by Gasteiger charge is -2.25. The van der Waals surface area contributed by atoms with Crippen molar-refractivity contribution in [3.8, 4) is 11.5 Å². The van der Waals surface area contributed by atoms with Crippen molar-refractivity contribution in [2.24, 2.45) is 4.99 Å². The van der Waals surface area contributed by atoms with Gasteiger partial charge in [-0.25, -0.2) is 9.79 Å². The van der Waals surface area contributed by atoms with Gasteiger partial charge in [0.1, 0.15) is 5.75 Å². The predicted octanol–water partition coefficient (Wildman–Crippen LogP) is 4.41. The van der Waals surface area contributed by atoms with E-state index < -0.39 is 33.2 Å². The number of nitro groups is 2. The Bertz CT molecular complexity index is 1930. The van der Waals surface area contributed by atoms with Gasteiger partial charge in [-0.2, -0.15) is 0 Å². The second-order valence-electron chi connectivity index (χ2n) is 9.04. The largest absolute Gasteiger partial charge is 0.466 e. The lowest BCUT2D eigenvalue weighted by atomic mass is 9.95. The normalized spacial score (nSPS) is 14.6. The van der Waals surface area contributed by atoms with Crippen molar-refractivity contribution < 1.29 is 24.1 Å². The second kappa shape index (κ2) is 11.6. The molecule has 212 valence electrons. The average Bonchev–Trinajstić information content (AvgIpc) is 3.31. The number of thiazole rings is 1. The zero-order chi connectivity index (χ0) is 30.0. The number of methoxy groups -OCH3 is 1. The number of hydrogen-bond acceptors (Lipinski definition) is 10. The molecular formula is C29H22N4O8S. The molecule has 0 bridgehead atoms. The third-order valence-electron chi connectivity index (χ3n) is 6.52. The molecule has 0 fully saturated rings. The number of carbonyl (C=O) groups is 1. The predicted molar refractivity (Wildman–Crippen MR) is 153 cm³/mol. The molecule has 4 aromatic rings. The molecule has 0 saturated carbocycles. The fourth-order valence-corrected chi connectivity index (χ4v) is 5.59. The first-order chi connectivity index (χ1) is 20.2. The van der Waals surface area contributed by atoms with Gasteiger partial charge in [-0.05, 0) is 41.8 Å². The quantitative estimate of drug-likeness (QED) is 0.167. The van der Waals surface area contributed by atoms with E-state index in [1.165, 1.54) is 29.1 Å². The highest BCUT2D eigenvalue weighted by molar-refractivity contribution is 7.07. The number of esters is 1. The van der Waals surface area contributed by atoms with Crippen LogP contribution < -0.4 is 19.6 Å². The summed E-state index contributed by atoms with van der Waals surface area (Å²) in [4.78, 5) is 52.6. The average molecular weight is 587 g/mol. The Morgan fingerprint density at radius 2 is 1.76 bits per heavy atom. The van der Waals surface area contributed by atoms with Gasteiger partial charge in [0.25, 0.3) is 11.2 Å². The zero-order valence-corrected chi connectivity index (χ0v) is 23.1. The van der Waals surface area contributed by atoms with Gasteiger partial charge in [-0.3, -0.25) is 29.6 Å². The molecule has 0 N–H and O–H groups in total. The smallest absolute Gasteiger partial charge is 0.338 e. The minimum atomic E-state index is -0.755. The standard InChI is InChI=1S/C29H22N4O8S/c1-3-21-25(28(35)40-2)26(18-7-5-4-6-8-18)31-27(34)24(42-29(31)30-21)15-17-9-12-20(13-10-17)41-23-14-11-19(32(36)37)16-22(23)33(38)39/h4-16,26H,3H2,1-2H3/b24-15-/t26-/m1/s1. The summed E-state index contributed by atoms with van der Waals surface area (Å²) in [5.74, 6) is -0.451. The van der Waals surface area contributed by atoms with E-state index in [1.54, 1.807) is 30.3 Å². The van der Waals surface area contributed by atoms with Crippen LogP contribution in [0.1, 0.15) is 30.5 Å². The Hall–Kier alpha value is -5.43. The number of hydrogen-bond donors (Lipinski definition) is 0. The Balaban J connectivity index is 1.52. The zero-order valence-electron chi connectivity index (χ0n) is 22.3. The molecule has 5 rings (SSSR count). The number of allylic oxidation sites excluding steroid dienone is 1. The highest BCUT2D eigenvalue weighted by Gasteiger charge is 2.33. The minimum Gasteiger partial charge on any atom is -0.466 e. The van der Waals surface area contributed by atoms with Crippen LogP contribution in [0.5, 0.6) is 11.5 Å². The number of nitrogens with zero attached hydrogens (tertiary/aromatic N) is 4. The first-order valence-corrected chi connectivity index (χ1v) is 13.4. The fraction of sp³-hybridized carbons (Fsp3) is 0.138. The van der Waals surface area contributed by atoms with Crippen LogP contribution >= 0.6 is 11.3 Å². The van der Waals surface area contributed by atoms with E-state index in [9.17, 15) is 29.8 Å². The minimum absolute atomic E-state index is 0.152. The fourth-order valence-electron chi connectivity index (χ4n) is 4.57. The molecule has 12 nitrogen and oxygen atoms in total. The van der Waals surface area contributed by atoms with E-state index in [-0.39, 0.29) is 17.1 Å². The summed E-state index contributed by atoms with van der Waals surface area (Å²) in [6.45, 7) is 1.88. The molecule has 3 aromatic carbocycles. The number of benzene rings is 3. The maximum absolute atomic E-state index is 13.7. The third kappa shape index (κ3) is 5.32. The maximum atomic E-state index is 13.7. The molecule has 0 amide bonds. The summed E-state index contributed by atoms with van der Waals surface area (Å²) in [5.41, 5.74) is 0.951. The summed E-state index contributed by atoms with van der Waals surface area (Å²) in [7, 11) is 1.29. The van der Waals surface area contributed by atoms with Crippen molar-refractivity contribution in [3.05, 3.63) is 135 Å². The van der Waals surface area contributed by atoms with E-state index in [4.69, 9.17) is 9.47 Å². The van der Waals surface area contributed by atoms with Gasteiger partial charge in [0.2, 0.25) is 5.75 Å². The van der Waals surface area contributed by atoms with Gasteiger partial charge in [0, 0.05) is 6.07 Å². The van der Waals surface area contributed by atoms with Crippen molar-refractivity contribution in [2.45, 2.75) is 19.4 Å². The molecule has 1 atom stereocenters. The van der Waals surface area contributed by atoms with Gasteiger partial charge < -0.3 is 9.47 Å². The highest BCUT2D eigenvalue weighted by Crippen LogP contribution is 2.35. The summed E-state index contributed by atoms with van der Waals surface area (Å²) >= 11 is 1.19. The number of carbonyl (C=O) groups excluding carboxylic acids is 1. The first-order valence-electron chi connectivity index (χ1n) is 12.6. The molecule has 0 unspecified atom stereocenters. The van der Waals surface area contributed by atoms with Crippen LogP contribution in [0.15, 0.2) is 93.9 Å². The monoisotopic (exact) mass is 586 g/mol. The van der Waals surface area contributed by atoms with Crippen LogP contribution in [0.2, 0.25) is 0 Å². The highest BCUT2D eigenvalue weighted by atomic mass is 32.1. The van der Waals surface area contributed by atoms with E-state index in [0.717, 1.165) is 17.7 Å². The summed E-state index contributed by atoms with van der Waals surface area (Å²) in [6, 6.07) is 18.1. The SMILES string of the molecule is CCC1=C(C(=O)OC)[C@@H](c2ccccc2)n2c(s/c(=C\c3ccc(Oc4ccc([N+](=O)[O-])cc4[N+](=O)[O-])cc3)c2=O)=N1. The third-order valence-corrected chi connectivity index (χ3v) is 7.50. The molecule has 0 radical (unpaired) electrons. The number of aromatic nitrogens is 1. The van der Waals surface area contributed by atoms with Crippen LogP contribution in [-0.2, 0) is 9.53 Å². The van der Waals surface area contributed by atoms with E-state index >= 15 is 0 Å². The summed E-state index contributed by atoms with van der Waals surface area (Å²) in [6.07, 6.45) is 2.14. The number of nitro benzene ring substituents is 2. The molecule has 0 aliphatic carbocycles. The maximum Gasteiger partial charge on any atom is 0.338 e. The Labute approximate surface area is 241 Å². The summed E-state index contributed by atoms with van der Waals surface area (Å²) in [5, 5.41) is 22.4. The number of rotatable bonds is 8. The van der Waals surface area contributed by atoms with Crippen LogP contribution in [0.25, 0.3) is 6.08 Å². The second-order valence-corrected chi connectivity index (χ2v) is 10.0. The Kier molecular flexibility index (Phi) is 7.76. The van der Waals surface area contributed by atoms with E-state index in [2.05, 4.69) is 4.99 Å². The molecule has 1 aliphatic rings. The van der Waals surface area contributed by atoms with Gasteiger partial charge in [0.05, 0.1) is 44.9 Å². The molecular weight excluding hydrogens is 564 g/mol. The van der Waals surface area contributed by atoms with Crippen LogP contribution in [0, 0.1) is 20.2 Å². The van der Waals surface area contributed by atoms with Crippen LogP contribution in [0.3, 0.4) is 0 Å². The van der Waals surface area contributed by atoms with Crippen molar-refractivity contribution in [1.82, 2.24) is 4.57 Å². The van der Waals surface area contributed by atoms with Crippen molar-refractivity contribution >= 4 is 34.8 Å². The molecule has 1 aromatic heterocycles. The number of fused-ring (bicyclic) bond motifs is 1. The molecule has 0 spiro atoms. The van der Waals surface area contributed by atoms with Crippen LogP contribution in [0.4, 0.5) is 11.4 Å². The summed E-state index contributed by atoms with van der Waals surface area (Å²) < 4.78 is 12.6. The molecule has 1 aliphatic heterocycles. The van der Waals surface area contributed by atoms with Crippen molar-refractivity contribution in [3.63, 3.8) is 0 Å².